The molecule has 0 heterocycles. The van der Waals surface area contributed by atoms with Crippen LogP contribution in [-0.2, 0) is 11.8 Å². The third kappa shape index (κ3) is 3.75. The van der Waals surface area contributed by atoms with Crippen molar-refractivity contribution < 1.29 is 8.78 Å². The molecule has 0 aliphatic carbocycles. The van der Waals surface area contributed by atoms with Gasteiger partial charge >= 0.3 is 0 Å². The van der Waals surface area contributed by atoms with E-state index in [9.17, 15) is 8.78 Å². The van der Waals surface area contributed by atoms with Crippen molar-refractivity contribution in [1.29, 1.82) is 0 Å². The molecule has 0 N–H and O–H groups in total. The zero-order chi connectivity index (χ0) is 15.5. The van der Waals surface area contributed by atoms with Crippen LogP contribution in [0, 0.1) is 18.6 Å². The molecule has 0 aromatic heterocycles. The Hall–Kier alpha value is -1.12. The van der Waals surface area contributed by atoms with Crippen LogP contribution in [0.5, 0.6) is 0 Å². The van der Waals surface area contributed by atoms with Gasteiger partial charge in [-0.15, -0.1) is 23.2 Å². The van der Waals surface area contributed by atoms with Crippen LogP contribution < -0.4 is 0 Å². The summed E-state index contributed by atoms with van der Waals surface area (Å²) in [6, 6.07) is 11.4. The number of rotatable bonds is 5. The minimum atomic E-state index is -0.591. The summed E-state index contributed by atoms with van der Waals surface area (Å²) in [7, 11) is 0. The molecule has 0 saturated carbocycles. The topological polar surface area (TPSA) is 0 Å². The van der Waals surface area contributed by atoms with E-state index in [-0.39, 0.29) is 11.8 Å². The van der Waals surface area contributed by atoms with Gasteiger partial charge in [0.05, 0.1) is 0 Å². The van der Waals surface area contributed by atoms with Gasteiger partial charge in [0.1, 0.15) is 11.6 Å². The van der Waals surface area contributed by atoms with Gasteiger partial charge in [0.25, 0.3) is 0 Å². The molecule has 0 aliphatic rings. The van der Waals surface area contributed by atoms with Crippen LogP contribution in [0.1, 0.15) is 16.7 Å². The fourth-order valence-electron chi connectivity index (χ4n) is 2.40. The van der Waals surface area contributed by atoms with E-state index in [2.05, 4.69) is 0 Å². The fraction of sp³-hybridized carbons (Fsp3) is 0.294. The Balaban J connectivity index is 2.40. The van der Waals surface area contributed by atoms with Crippen molar-refractivity contribution in [3.05, 3.63) is 70.8 Å². The van der Waals surface area contributed by atoms with Crippen LogP contribution in [0.4, 0.5) is 8.78 Å². The quantitative estimate of drug-likeness (QED) is 0.659. The van der Waals surface area contributed by atoms with Gasteiger partial charge in [0, 0.05) is 23.2 Å². The fourth-order valence-corrected chi connectivity index (χ4v) is 3.18. The van der Waals surface area contributed by atoms with Crippen LogP contribution >= 0.6 is 23.2 Å². The van der Waals surface area contributed by atoms with Gasteiger partial charge in [-0.05, 0) is 36.6 Å². The van der Waals surface area contributed by atoms with Crippen molar-refractivity contribution in [3.63, 3.8) is 0 Å². The van der Waals surface area contributed by atoms with Crippen LogP contribution in [0.25, 0.3) is 0 Å². The third-order valence-corrected chi connectivity index (χ3v) is 4.66. The highest BCUT2D eigenvalue weighted by atomic mass is 35.5. The normalized spacial score (nSPS) is 11.7. The van der Waals surface area contributed by atoms with Crippen molar-refractivity contribution in [2.75, 3.05) is 11.8 Å². The van der Waals surface area contributed by atoms with Gasteiger partial charge in [-0.3, -0.25) is 0 Å². The second-order valence-corrected chi connectivity index (χ2v) is 5.90. The maximum atomic E-state index is 13.4. The molecule has 0 radical (unpaired) electrons. The molecule has 0 atom stereocenters. The number of halogens is 4. The summed E-state index contributed by atoms with van der Waals surface area (Å²) in [5, 5.41) is 0. The van der Waals surface area contributed by atoms with Gasteiger partial charge < -0.3 is 0 Å². The summed E-state index contributed by atoms with van der Waals surface area (Å²) >= 11 is 12.3. The molecular weight excluding hydrogens is 313 g/mol. The standard InChI is InChI=1S/C17H16Cl2F2/c1-12-2-4-14(5-3-12)17(10-18,11-19)9-13-6-15(20)8-16(21)7-13/h2-8H,9-11H2,1H3. The van der Waals surface area contributed by atoms with Crippen molar-refractivity contribution in [1.82, 2.24) is 0 Å². The van der Waals surface area contributed by atoms with E-state index in [1.807, 2.05) is 31.2 Å². The monoisotopic (exact) mass is 328 g/mol. The Labute approximate surface area is 133 Å². The van der Waals surface area contributed by atoms with Gasteiger partial charge in [-0.2, -0.15) is 0 Å². The Morgan fingerprint density at radius 2 is 1.43 bits per heavy atom. The van der Waals surface area contributed by atoms with Crippen molar-refractivity contribution in [3.8, 4) is 0 Å². The van der Waals surface area contributed by atoms with Gasteiger partial charge in [0.15, 0.2) is 0 Å². The average molecular weight is 329 g/mol. The minimum Gasteiger partial charge on any atom is -0.207 e. The zero-order valence-electron chi connectivity index (χ0n) is 11.7. The number of hydrogen-bond donors (Lipinski definition) is 0. The summed E-state index contributed by atoms with van der Waals surface area (Å²) in [5.74, 6) is -0.631. The van der Waals surface area contributed by atoms with Crippen molar-refractivity contribution in [2.45, 2.75) is 18.8 Å². The Morgan fingerprint density at radius 1 is 0.905 bits per heavy atom. The Morgan fingerprint density at radius 3 is 1.90 bits per heavy atom. The van der Waals surface area contributed by atoms with E-state index in [0.29, 0.717) is 12.0 Å². The zero-order valence-corrected chi connectivity index (χ0v) is 13.2. The highest BCUT2D eigenvalue weighted by Gasteiger charge is 2.31. The SMILES string of the molecule is Cc1ccc(C(CCl)(CCl)Cc2cc(F)cc(F)c2)cc1. The minimum absolute atomic E-state index is 0.275. The molecule has 0 aliphatic heterocycles. The molecular formula is C17H16Cl2F2. The lowest BCUT2D eigenvalue weighted by molar-refractivity contribution is 0.525. The number of benzene rings is 2. The van der Waals surface area contributed by atoms with Gasteiger partial charge in [-0.1, -0.05) is 29.8 Å². The average Bonchev–Trinajstić information content (AvgIpc) is 2.45. The third-order valence-electron chi connectivity index (χ3n) is 3.64. The van der Waals surface area contributed by atoms with Gasteiger partial charge in [0.2, 0.25) is 0 Å². The van der Waals surface area contributed by atoms with Crippen LogP contribution in [-0.4, -0.2) is 11.8 Å². The number of hydrogen-bond acceptors (Lipinski definition) is 0. The van der Waals surface area contributed by atoms with Crippen molar-refractivity contribution in [2.24, 2.45) is 0 Å². The lowest BCUT2D eigenvalue weighted by Gasteiger charge is -2.30. The molecule has 0 spiro atoms. The van der Waals surface area contributed by atoms with E-state index < -0.39 is 17.0 Å². The maximum absolute atomic E-state index is 13.4. The second-order valence-electron chi connectivity index (χ2n) is 5.37. The summed E-state index contributed by atoms with van der Waals surface area (Å²) in [6.07, 6.45) is 0.387. The van der Waals surface area contributed by atoms with E-state index in [1.165, 1.54) is 12.1 Å². The number of alkyl halides is 2. The summed E-state index contributed by atoms with van der Waals surface area (Å²) in [5.41, 5.74) is 2.11. The summed E-state index contributed by atoms with van der Waals surface area (Å²) < 4.78 is 26.7. The molecule has 0 saturated heterocycles. The summed E-state index contributed by atoms with van der Waals surface area (Å²) in [6.45, 7) is 1.99. The largest absolute Gasteiger partial charge is 0.207 e. The predicted molar refractivity (Wildman–Crippen MR) is 84.4 cm³/mol. The predicted octanol–water partition coefficient (Wildman–Crippen LogP) is 5.23. The van der Waals surface area contributed by atoms with Crippen LogP contribution in [0.3, 0.4) is 0 Å². The lowest BCUT2D eigenvalue weighted by Crippen LogP contribution is -2.33. The smallest absolute Gasteiger partial charge is 0.126 e. The first-order chi connectivity index (χ1) is 9.99. The molecule has 0 amide bonds. The van der Waals surface area contributed by atoms with E-state index in [0.717, 1.165) is 17.2 Å². The molecule has 112 valence electrons. The second kappa shape index (κ2) is 6.76. The first-order valence-electron chi connectivity index (χ1n) is 6.63. The Bertz CT molecular complexity index is 584. The van der Waals surface area contributed by atoms with Crippen LogP contribution in [0.2, 0.25) is 0 Å². The first-order valence-corrected chi connectivity index (χ1v) is 7.70. The molecule has 2 aromatic carbocycles. The molecule has 2 aromatic rings. The molecule has 0 nitrogen and oxygen atoms in total. The van der Waals surface area contributed by atoms with Gasteiger partial charge in [-0.25, -0.2) is 8.78 Å². The van der Waals surface area contributed by atoms with E-state index >= 15 is 0 Å². The lowest BCUT2D eigenvalue weighted by atomic mass is 9.78. The van der Waals surface area contributed by atoms with Crippen LogP contribution in [0.15, 0.2) is 42.5 Å². The summed E-state index contributed by atoms with van der Waals surface area (Å²) in [4.78, 5) is 0. The maximum Gasteiger partial charge on any atom is 0.126 e. The molecule has 0 bridgehead atoms. The van der Waals surface area contributed by atoms with E-state index in [1.54, 1.807) is 0 Å². The molecule has 0 unspecified atom stereocenters. The Kier molecular flexibility index (Phi) is 5.23. The molecule has 21 heavy (non-hydrogen) atoms. The molecule has 4 heteroatoms. The van der Waals surface area contributed by atoms with E-state index in [4.69, 9.17) is 23.2 Å². The highest BCUT2D eigenvalue weighted by molar-refractivity contribution is 6.22. The molecule has 2 rings (SSSR count). The molecule has 0 fully saturated rings. The van der Waals surface area contributed by atoms with Crippen molar-refractivity contribution >= 4 is 23.2 Å². The first kappa shape index (κ1) is 16.3. The highest BCUT2D eigenvalue weighted by Crippen LogP contribution is 2.32. The number of aryl methyl sites for hydroxylation is 1.